The Morgan fingerprint density at radius 1 is 1.12 bits per heavy atom. The smallest absolute Gasteiger partial charge is 0.347 e. The lowest BCUT2D eigenvalue weighted by Crippen LogP contribution is -1.99. The van der Waals surface area contributed by atoms with E-state index in [0.717, 1.165) is 24.2 Å². The van der Waals surface area contributed by atoms with Gasteiger partial charge in [0.2, 0.25) is 0 Å². The van der Waals surface area contributed by atoms with Crippen LogP contribution in [0.5, 0.6) is 5.75 Å². The van der Waals surface area contributed by atoms with Crippen molar-refractivity contribution in [2.45, 2.75) is 19.8 Å². The molecule has 0 aliphatic rings. The third-order valence-electron chi connectivity index (χ3n) is 3.81. The van der Waals surface area contributed by atoms with Gasteiger partial charge >= 0.3 is 5.97 Å². The molecule has 5 heteroatoms. The molecule has 0 radical (unpaired) electrons. The summed E-state index contributed by atoms with van der Waals surface area (Å²) in [5.74, 6) is -0.122. The Labute approximate surface area is 150 Å². The average Bonchev–Trinajstić information content (AvgIpc) is 3.02. The van der Waals surface area contributed by atoms with Crippen molar-refractivity contribution < 1.29 is 14.6 Å². The number of carbonyl (C=O) groups is 1. The Balaban J connectivity index is 1.55. The van der Waals surface area contributed by atoms with E-state index in [-0.39, 0.29) is 4.88 Å². The quantitative estimate of drug-likeness (QED) is 0.618. The molecular weight excluding hydrogens is 334 g/mol. The molecule has 0 fully saturated rings. The maximum Gasteiger partial charge on any atom is 0.347 e. The summed E-state index contributed by atoms with van der Waals surface area (Å²) < 4.78 is 5.77. The Bertz CT molecular complexity index is 841. The van der Waals surface area contributed by atoms with Gasteiger partial charge in [0.25, 0.3) is 0 Å². The van der Waals surface area contributed by atoms with Crippen LogP contribution in [0.3, 0.4) is 0 Å². The number of aromatic nitrogens is 1. The molecule has 0 saturated heterocycles. The lowest BCUT2D eigenvalue weighted by molar-refractivity contribution is 0.0701. The second kappa shape index (κ2) is 7.94. The third kappa shape index (κ3) is 4.45. The number of rotatable bonds is 7. The molecule has 0 bridgehead atoms. The normalized spacial score (nSPS) is 10.6. The first-order valence-corrected chi connectivity index (χ1v) is 8.93. The van der Waals surface area contributed by atoms with E-state index in [1.165, 1.54) is 16.9 Å². The molecule has 1 N–H and O–H groups in total. The fraction of sp³-hybridized carbons (Fsp3) is 0.200. The molecule has 3 rings (SSSR count). The number of carboxylic acids is 1. The number of ether oxygens (including phenoxy) is 1. The zero-order valence-corrected chi connectivity index (χ0v) is 14.8. The number of hydrogen-bond acceptors (Lipinski definition) is 4. The van der Waals surface area contributed by atoms with Crippen molar-refractivity contribution in [2.24, 2.45) is 0 Å². The summed E-state index contributed by atoms with van der Waals surface area (Å²) in [6.07, 6.45) is 1.95. The predicted octanol–water partition coefficient (Wildman–Crippen LogP) is 4.83. The van der Waals surface area contributed by atoms with Crippen molar-refractivity contribution in [1.82, 2.24) is 4.98 Å². The van der Waals surface area contributed by atoms with Crippen LogP contribution in [0.25, 0.3) is 10.6 Å². The number of benzene rings is 2. The highest BCUT2D eigenvalue weighted by atomic mass is 32.1. The van der Waals surface area contributed by atoms with Gasteiger partial charge in [-0.05, 0) is 49.6 Å². The largest absolute Gasteiger partial charge is 0.494 e. The Morgan fingerprint density at radius 3 is 2.48 bits per heavy atom. The van der Waals surface area contributed by atoms with E-state index in [2.05, 4.69) is 17.1 Å². The fourth-order valence-corrected chi connectivity index (χ4v) is 3.43. The number of aromatic carboxylic acids is 1. The summed E-state index contributed by atoms with van der Waals surface area (Å²) in [5, 5.41) is 9.84. The maximum atomic E-state index is 11.1. The number of thiazole rings is 1. The minimum absolute atomic E-state index is 0.288. The summed E-state index contributed by atoms with van der Waals surface area (Å²) in [5.41, 5.74) is 2.76. The highest BCUT2D eigenvalue weighted by molar-refractivity contribution is 7.17. The van der Waals surface area contributed by atoms with Crippen molar-refractivity contribution in [2.75, 3.05) is 6.61 Å². The molecule has 2 aromatic carbocycles. The second-order valence-corrected chi connectivity index (χ2v) is 6.70. The van der Waals surface area contributed by atoms with E-state index in [1.807, 2.05) is 42.5 Å². The first-order chi connectivity index (χ1) is 12.1. The van der Waals surface area contributed by atoms with Gasteiger partial charge in [0.05, 0.1) is 12.3 Å². The Morgan fingerprint density at radius 2 is 1.84 bits per heavy atom. The molecule has 0 amide bonds. The summed E-state index contributed by atoms with van der Waals surface area (Å²) >= 11 is 1.19. The number of hydrogen-bond donors (Lipinski definition) is 1. The molecule has 128 valence electrons. The van der Waals surface area contributed by atoms with Gasteiger partial charge in [0.1, 0.15) is 15.6 Å². The van der Waals surface area contributed by atoms with E-state index in [1.54, 1.807) is 6.92 Å². The highest BCUT2D eigenvalue weighted by Gasteiger charge is 2.14. The summed E-state index contributed by atoms with van der Waals surface area (Å²) in [7, 11) is 0. The molecule has 0 saturated carbocycles. The first-order valence-electron chi connectivity index (χ1n) is 8.11. The zero-order valence-electron chi connectivity index (χ0n) is 13.9. The minimum atomic E-state index is -0.931. The molecule has 4 nitrogen and oxygen atoms in total. The van der Waals surface area contributed by atoms with Crippen molar-refractivity contribution in [3.05, 3.63) is 70.7 Å². The third-order valence-corrected chi connectivity index (χ3v) is 5.01. The summed E-state index contributed by atoms with van der Waals surface area (Å²) in [6.45, 7) is 2.38. The van der Waals surface area contributed by atoms with Crippen LogP contribution in [0.4, 0.5) is 0 Å². The Hall–Kier alpha value is -2.66. The van der Waals surface area contributed by atoms with Crippen LogP contribution in [0.15, 0.2) is 54.6 Å². The van der Waals surface area contributed by atoms with Gasteiger partial charge in [0, 0.05) is 5.56 Å². The topological polar surface area (TPSA) is 59.4 Å². The molecule has 0 spiro atoms. The van der Waals surface area contributed by atoms with Crippen LogP contribution in [0, 0.1) is 6.92 Å². The molecule has 0 aliphatic heterocycles. The second-order valence-electron chi connectivity index (χ2n) is 5.70. The molecule has 0 atom stereocenters. The van der Waals surface area contributed by atoms with Crippen LogP contribution in [0.2, 0.25) is 0 Å². The van der Waals surface area contributed by atoms with Crippen LogP contribution < -0.4 is 4.74 Å². The fourth-order valence-electron chi connectivity index (χ4n) is 2.52. The van der Waals surface area contributed by atoms with Gasteiger partial charge in [-0.1, -0.05) is 30.3 Å². The number of carboxylic acid groups (broad SMARTS) is 1. The number of aryl methyl sites for hydroxylation is 2. The first kappa shape index (κ1) is 17.2. The van der Waals surface area contributed by atoms with Gasteiger partial charge in [-0.25, -0.2) is 9.78 Å². The van der Waals surface area contributed by atoms with Gasteiger partial charge in [-0.15, -0.1) is 11.3 Å². The van der Waals surface area contributed by atoms with Crippen LogP contribution in [-0.2, 0) is 6.42 Å². The van der Waals surface area contributed by atoms with Gasteiger partial charge < -0.3 is 9.84 Å². The average molecular weight is 353 g/mol. The van der Waals surface area contributed by atoms with E-state index in [9.17, 15) is 4.79 Å². The molecule has 3 aromatic rings. The molecule has 0 unspecified atom stereocenters. The van der Waals surface area contributed by atoms with Crippen LogP contribution in [-0.4, -0.2) is 22.7 Å². The van der Waals surface area contributed by atoms with E-state index in [0.29, 0.717) is 17.3 Å². The molecule has 25 heavy (non-hydrogen) atoms. The molecular formula is C20H19NO3S. The van der Waals surface area contributed by atoms with Gasteiger partial charge in [-0.2, -0.15) is 0 Å². The SMILES string of the molecule is Cc1nc(-c2ccc(OCCCc3ccccc3)cc2)sc1C(=O)O. The summed E-state index contributed by atoms with van der Waals surface area (Å²) in [6, 6.07) is 18.0. The van der Waals surface area contributed by atoms with E-state index >= 15 is 0 Å². The lowest BCUT2D eigenvalue weighted by Gasteiger charge is -2.07. The van der Waals surface area contributed by atoms with Crippen molar-refractivity contribution in [3.63, 3.8) is 0 Å². The predicted molar refractivity (Wildman–Crippen MR) is 99.5 cm³/mol. The Kier molecular flexibility index (Phi) is 5.46. The maximum absolute atomic E-state index is 11.1. The van der Waals surface area contributed by atoms with Gasteiger partial charge in [-0.3, -0.25) is 0 Å². The molecule has 0 aliphatic carbocycles. The molecule has 1 aromatic heterocycles. The minimum Gasteiger partial charge on any atom is -0.494 e. The van der Waals surface area contributed by atoms with E-state index < -0.39 is 5.97 Å². The van der Waals surface area contributed by atoms with Gasteiger partial charge in [0.15, 0.2) is 0 Å². The monoisotopic (exact) mass is 353 g/mol. The summed E-state index contributed by atoms with van der Waals surface area (Å²) in [4.78, 5) is 15.7. The highest BCUT2D eigenvalue weighted by Crippen LogP contribution is 2.29. The molecule has 1 heterocycles. The van der Waals surface area contributed by atoms with Crippen LogP contribution in [0.1, 0.15) is 27.3 Å². The van der Waals surface area contributed by atoms with Crippen molar-refractivity contribution >= 4 is 17.3 Å². The lowest BCUT2D eigenvalue weighted by atomic mass is 10.1. The van der Waals surface area contributed by atoms with Crippen molar-refractivity contribution in [1.29, 1.82) is 0 Å². The van der Waals surface area contributed by atoms with Crippen LogP contribution >= 0.6 is 11.3 Å². The number of nitrogens with zero attached hydrogens (tertiary/aromatic N) is 1. The standard InChI is InChI=1S/C20H19NO3S/c1-14-18(20(22)23)25-19(21-14)16-9-11-17(12-10-16)24-13-5-8-15-6-3-2-4-7-15/h2-4,6-7,9-12H,5,8,13H2,1H3,(H,22,23). The zero-order chi connectivity index (χ0) is 17.6. The van der Waals surface area contributed by atoms with E-state index in [4.69, 9.17) is 9.84 Å². The van der Waals surface area contributed by atoms with Crippen molar-refractivity contribution in [3.8, 4) is 16.3 Å².